The van der Waals surface area contributed by atoms with Crippen LogP contribution in [0.1, 0.15) is 78.1 Å². The molecule has 2 N–H and O–H groups in total. The van der Waals surface area contributed by atoms with E-state index < -0.39 is 5.92 Å². The molecule has 6 heteroatoms. The van der Waals surface area contributed by atoms with Gasteiger partial charge in [-0.2, -0.15) is 10.2 Å². The number of hydrogen-bond acceptors (Lipinski definition) is 4. The minimum Gasteiger partial charge on any atom is -0.272 e. The molecule has 4 saturated carbocycles. The molecule has 0 aromatic heterocycles. The van der Waals surface area contributed by atoms with Crippen molar-refractivity contribution in [3.05, 3.63) is 0 Å². The molecule has 2 amide bonds. The minimum atomic E-state index is -0.748. The number of carbonyl (C=O) groups excluding carboxylic acids is 2. The molecule has 0 heterocycles. The second kappa shape index (κ2) is 9.61. The Hall–Kier alpha value is -1.72. The Bertz CT molecular complexity index is 637. The molecule has 6 atom stereocenters. The molecule has 4 bridgehead atoms. The van der Waals surface area contributed by atoms with E-state index in [2.05, 4.69) is 34.9 Å². The van der Waals surface area contributed by atoms with E-state index >= 15 is 0 Å². The maximum atomic E-state index is 12.7. The monoisotopic (exact) mass is 414 g/mol. The molecule has 0 unspecified atom stereocenters. The summed E-state index contributed by atoms with van der Waals surface area (Å²) < 4.78 is 0. The van der Waals surface area contributed by atoms with Gasteiger partial charge in [0.25, 0.3) is 11.8 Å². The average Bonchev–Trinajstić information content (AvgIpc) is 3.49. The third kappa shape index (κ3) is 5.12. The van der Waals surface area contributed by atoms with Crippen LogP contribution >= 0.6 is 0 Å². The molecule has 4 fully saturated rings. The highest BCUT2D eigenvalue weighted by molar-refractivity contribution is 6.00. The number of carbonyl (C=O) groups is 2. The average molecular weight is 415 g/mol. The van der Waals surface area contributed by atoms with Crippen molar-refractivity contribution in [1.29, 1.82) is 0 Å². The van der Waals surface area contributed by atoms with Gasteiger partial charge in [-0.3, -0.25) is 9.59 Å². The third-order valence-electron chi connectivity index (χ3n) is 8.13. The summed E-state index contributed by atoms with van der Waals surface area (Å²) in [6.07, 6.45) is 15.4. The summed E-state index contributed by atoms with van der Waals surface area (Å²) in [4.78, 5) is 25.4. The predicted octanol–water partition coefficient (Wildman–Crippen LogP) is 4.12. The molecule has 4 rings (SSSR count). The van der Waals surface area contributed by atoms with Crippen LogP contribution in [0, 0.1) is 47.3 Å². The molecule has 0 aliphatic heterocycles. The summed E-state index contributed by atoms with van der Waals surface area (Å²) >= 11 is 0. The number of rotatable bonds is 9. The molecule has 30 heavy (non-hydrogen) atoms. The zero-order valence-corrected chi connectivity index (χ0v) is 18.6. The Morgan fingerprint density at radius 2 is 1.30 bits per heavy atom. The lowest BCUT2D eigenvalue weighted by atomic mass is 9.90. The Labute approximate surface area is 180 Å². The van der Waals surface area contributed by atoms with Gasteiger partial charge >= 0.3 is 0 Å². The number of amides is 2. The Morgan fingerprint density at radius 1 is 0.800 bits per heavy atom. The molecule has 6 nitrogen and oxygen atoms in total. The maximum Gasteiger partial charge on any atom is 0.252 e. The summed E-state index contributed by atoms with van der Waals surface area (Å²) in [5.74, 6) is 3.18. The number of hydrogen-bond donors (Lipinski definition) is 2. The topological polar surface area (TPSA) is 82.9 Å². The van der Waals surface area contributed by atoms with Gasteiger partial charge in [-0.1, -0.05) is 26.7 Å². The van der Waals surface area contributed by atoms with E-state index in [0.717, 1.165) is 30.1 Å². The van der Waals surface area contributed by atoms with E-state index in [1.54, 1.807) is 0 Å². The van der Waals surface area contributed by atoms with Gasteiger partial charge in [0.05, 0.1) is 0 Å². The normalized spacial score (nSPS) is 34.8. The zero-order chi connectivity index (χ0) is 21.1. The summed E-state index contributed by atoms with van der Waals surface area (Å²) in [7, 11) is 0. The van der Waals surface area contributed by atoms with E-state index in [4.69, 9.17) is 0 Å². The first-order valence-electron chi connectivity index (χ1n) is 12.2. The van der Waals surface area contributed by atoms with Crippen LogP contribution in [0.3, 0.4) is 0 Å². The van der Waals surface area contributed by atoms with Crippen LogP contribution in [0.4, 0.5) is 0 Å². The van der Waals surface area contributed by atoms with Crippen molar-refractivity contribution in [3.8, 4) is 0 Å². The lowest BCUT2D eigenvalue weighted by molar-refractivity contribution is -0.135. The molecule has 0 aromatic carbocycles. The molecule has 4 aliphatic rings. The van der Waals surface area contributed by atoms with E-state index in [-0.39, 0.29) is 11.8 Å². The quantitative estimate of drug-likeness (QED) is 0.338. The van der Waals surface area contributed by atoms with Crippen molar-refractivity contribution in [2.45, 2.75) is 78.1 Å². The van der Waals surface area contributed by atoms with Crippen LogP contribution in [0.25, 0.3) is 0 Å². The van der Waals surface area contributed by atoms with Gasteiger partial charge in [0.1, 0.15) is 5.92 Å². The van der Waals surface area contributed by atoms with Gasteiger partial charge in [0.15, 0.2) is 0 Å². The van der Waals surface area contributed by atoms with E-state index in [1.165, 1.54) is 51.4 Å². The fourth-order valence-corrected chi connectivity index (χ4v) is 6.38. The zero-order valence-electron chi connectivity index (χ0n) is 18.6. The fraction of sp³-hybridized carbons (Fsp3) is 0.833. The van der Waals surface area contributed by atoms with Gasteiger partial charge in [0.2, 0.25) is 0 Å². The van der Waals surface area contributed by atoms with Crippen molar-refractivity contribution in [3.63, 3.8) is 0 Å². The predicted molar refractivity (Wildman–Crippen MR) is 119 cm³/mol. The Balaban J connectivity index is 1.28. The second-order valence-electron chi connectivity index (χ2n) is 10.7. The van der Waals surface area contributed by atoms with E-state index in [9.17, 15) is 9.59 Å². The fourth-order valence-electron chi connectivity index (χ4n) is 6.38. The smallest absolute Gasteiger partial charge is 0.252 e. The lowest BCUT2D eigenvalue weighted by Gasteiger charge is -2.18. The summed E-state index contributed by atoms with van der Waals surface area (Å²) in [6, 6.07) is 0. The SMILES string of the molecule is CC(C)CCC(C(=O)N/N=C/[C@H]1C[C@H]2CC[C@H]1C2)C(=O)N/N=C/[C@H]1C[C@H]2CC[C@H]1C2. The first-order chi connectivity index (χ1) is 14.5. The molecule has 0 saturated heterocycles. The summed E-state index contributed by atoms with van der Waals surface area (Å²) in [6.45, 7) is 4.21. The highest BCUT2D eigenvalue weighted by Crippen LogP contribution is 2.48. The number of hydrazone groups is 2. The Morgan fingerprint density at radius 3 is 1.67 bits per heavy atom. The van der Waals surface area contributed by atoms with Crippen molar-refractivity contribution < 1.29 is 9.59 Å². The van der Waals surface area contributed by atoms with Crippen molar-refractivity contribution in [2.75, 3.05) is 0 Å². The highest BCUT2D eigenvalue weighted by Gasteiger charge is 2.39. The Kier molecular flexibility index (Phi) is 6.89. The van der Waals surface area contributed by atoms with Crippen LogP contribution < -0.4 is 10.9 Å². The number of nitrogens with one attached hydrogen (secondary N) is 2. The maximum absolute atomic E-state index is 12.7. The van der Waals surface area contributed by atoms with Crippen molar-refractivity contribution in [1.82, 2.24) is 10.9 Å². The van der Waals surface area contributed by atoms with Gasteiger partial charge in [-0.25, -0.2) is 10.9 Å². The second-order valence-corrected chi connectivity index (χ2v) is 10.7. The third-order valence-corrected chi connectivity index (χ3v) is 8.13. The van der Waals surface area contributed by atoms with Gasteiger partial charge < -0.3 is 0 Å². The van der Waals surface area contributed by atoms with Crippen LogP contribution in [0.15, 0.2) is 10.2 Å². The molecule has 0 aromatic rings. The molecule has 0 spiro atoms. The lowest BCUT2D eigenvalue weighted by Crippen LogP contribution is -2.38. The number of nitrogens with zero attached hydrogens (tertiary/aromatic N) is 2. The van der Waals surface area contributed by atoms with Gasteiger partial charge in [-0.05, 0) is 92.8 Å². The highest BCUT2D eigenvalue weighted by atomic mass is 16.2. The minimum absolute atomic E-state index is 0.317. The van der Waals surface area contributed by atoms with Crippen LogP contribution in [-0.2, 0) is 9.59 Å². The van der Waals surface area contributed by atoms with E-state index in [0.29, 0.717) is 24.2 Å². The van der Waals surface area contributed by atoms with Crippen LogP contribution in [0.5, 0.6) is 0 Å². The molecule has 166 valence electrons. The summed E-state index contributed by atoms with van der Waals surface area (Å²) in [5, 5.41) is 8.46. The van der Waals surface area contributed by atoms with Crippen molar-refractivity contribution >= 4 is 24.2 Å². The van der Waals surface area contributed by atoms with E-state index in [1.807, 2.05) is 12.4 Å². The molecule has 0 radical (unpaired) electrons. The van der Waals surface area contributed by atoms with Gasteiger partial charge in [-0.15, -0.1) is 0 Å². The largest absolute Gasteiger partial charge is 0.272 e. The van der Waals surface area contributed by atoms with Crippen molar-refractivity contribution in [2.24, 2.45) is 57.5 Å². The van der Waals surface area contributed by atoms with Crippen LogP contribution in [0.2, 0.25) is 0 Å². The van der Waals surface area contributed by atoms with Crippen LogP contribution in [-0.4, -0.2) is 24.2 Å². The molecule has 4 aliphatic carbocycles. The van der Waals surface area contributed by atoms with Gasteiger partial charge in [0, 0.05) is 12.4 Å². The molecular formula is C24H38N4O2. The first-order valence-corrected chi connectivity index (χ1v) is 12.2. The summed E-state index contributed by atoms with van der Waals surface area (Å²) in [5.41, 5.74) is 5.29. The first kappa shape index (κ1) is 21.5. The molecular weight excluding hydrogens is 376 g/mol. The standard InChI is InChI=1S/C24H38N4O2/c1-15(2)3-8-22(23(29)27-25-13-20-11-16-4-6-18(20)9-16)24(30)28-26-14-21-12-17-5-7-19(21)10-17/h13-22H,3-12H2,1-2H3,(H,27,29)(H,28,30)/b25-13+,26-14+/t16-,17-,18-,19-,20+,21+/m0/s1. The number of fused-ring (bicyclic) bond motifs is 4.